The Kier molecular flexibility index (Phi) is 9.41. The molecule has 0 radical (unpaired) electrons. The van der Waals surface area contributed by atoms with Crippen molar-refractivity contribution in [2.75, 3.05) is 18.1 Å². The van der Waals surface area contributed by atoms with Gasteiger partial charge in [-0.05, 0) is 66.7 Å². The predicted molar refractivity (Wildman–Crippen MR) is 144 cm³/mol. The van der Waals surface area contributed by atoms with E-state index in [1.807, 2.05) is 67.1 Å². The van der Waals surface area contributed by atoms with Gasteiger partial charge >= 0.3 is 11.1 Å². The van der Waals surface area contributed by atoms with Crippen LogP contribution in [0.1, 0.15) is 29.7 Å². The van der Waals surface area contributed by atoms with Crippen LogP contribution in [0.2, 0.25) is 0 Å². The minimum absolute atomic E-state index is 0. The molecule has 4 aromatic rings. The highest BCUT2D eigenvalue weighted by molar-refractivity contribution is 7.16. The first-order chi connectivity index (χ1) is 17.1. The Balaban J connectivity index is 0.00000361. The lowest BCUT2D eigenvalue weighted by molar-refractivity contribution is -0.694. The highest BCUT2D eigenvalue weighted by Gasteiger charge is 2.25. The predicted octanol–water partition coefficient (Wildman–Crippen LogP) is 6.24. The lowest BCUT2D eigenvalue weighted by atomic mass is 10.2. The van der Waals surface area contributed by atoms with E-state index in [0.29, 0.717) is 16.6 Å². The first-order valence-electron chi connectivity index (χ1n) is 11.5. The lowest BCUT2D eigenvalue weighted by Gasteiger charge is -2.23. The molecule has 36 heavy (non-hydrogen) atoms. The number of carbonyl (C=O) groups excluding carboxylic acids is 1. The van der Waals surface area contributed by atoms with E-state index < -0.39 is 0 Å². The zero-order valence-electron chi connectivity index (χ0n) is 20.2. The van der Waals surface area contributed by atoms with Crippen molar-refractivity contribution in [2.45, 2.75) is 27.8 Å². The van der Waals surface area contributed by atoms with Crippen LogP contribution in [0.25, 0.3) is 0 Å². The number of azo groups is 1. The number of hydrogen-bond donors (Lipinski definition) is 0. The molecule has 0 aliphatic heterocycles. The van der Waals surface area contributed by atoms with Crippen molar-refractivity contribution in [3.63, 3.8) is 0 Å². The molecule has 186 valence electrons. The minimum Gasteiger partial charge on any atom is -0.462 e. The number of carbonyl (C=O) groups is 1. The highest BCUT2D eigenvalue weighted by Crippen LogP contribution is 2.29. The number of esters is 1. The molecule has 4 rings (SSSR count). The van der Waals surface area contributed by atoms with Crippen LogP contribution in [0, 0.1) is 6.92 Å². The summed E-state index contributed by atoms with van der Waals surface area (Å²) in [5, 5.41) is 9.43. The molecule has 0 unspecified atom stereocenters. The Morgan fingerprint density at radius 1 is 0.944 bits per heavy atom. The molecule has 0 aliphatic rings. The zero-order chi connectivity index (χ0) is 24.6. The number of rotatable bonds is 9. The molecule has 2 aromatic heterocycles. The van der Waals surface area contributed by atoms with E-state index in [1.54, 1.807) is 6.92 Å². The molecule has 0 saturated carbocycles. The molecular formula is C28H33N5O2S+2. The van der Waals surface area contributed by atoms with Crippen LogP contribution in [0.5, 0.6) is 0 Å². The molecule has 0 atom stereocenters. The standard InChI is InChI=1S/C27H29N5O2S.CH4/c1-4-34-26(33)25-21(2)30(3)27(35-25)29-28-22-13-15-24(16-14-22)32(23-11-7-5-8-12-23)20-19-31-17-9-6-10-18-31;/h5-18H,4,19-20H2,1-3H3;1H4/q+2;. The fourth-order valence-electron chi connectivity index (χ4n) is 3.62. The maximum Gasteiger partial charge on any atom is 0.409 e. The van der Waals surface area contributed by atoms with Crippen molar-refractivity contribution in [2.24, 2.45) is 17.3 Å². The van der Waals surface area contributed by atoms with Crippen LogP contribution in [0.15, 0.2) is 95.4 Å². The first kappa shape index (κ1) is 26.7. The van der Waals surface area contributed by atoms with E-state index in [-0.39, 0.29) is 13.4 Å². The summed E-state index contributed by atoms with van der Waals surface area (Å²) in [7, 11) is 1.87. The molecule has 0 saturated heterocycles. The fraction of sp³-hybridized carbons (Fsp3) is 0.250. The quantitative estimate of drug-likeness (QED) is 0.154. The Morgan fingerprint density at radius 3 is 2.25 bits per heavy atom. The van der Waals surface area contributed by atoms with Crippen LogP contribution in [0.4, 0.5) is 22.2 Å². The summed E-state index contributed by atoms with van der Waals surface area (Å²) in [5.41, 5.74) is 3.76. The highest BCUT2D eigenvalue weighted by atomic mass is 32.1. The second-order valence-electron chi connectivity index (χ2n) is 7.90. The van der Waals surface area contributed by atoms with Gasteiger partial charge in [-0.15, -0.1) is 0 Å². The third-order valence-corrected chi connectivity index (χ3v) is 6.82. The lowest BCUT2D eigenvalue weighted by Crippen LogP contribution is -2.38. The smallest absolute Gasteiger partial charge is 0.409 e. The first-order valence-corrected chi connectivity index (χ1v) is 12.3. The van der Waals surface area contributed by atoms with Gasteiger partial charge in [0.05, 0.1) is 25.3 Å². The summed E-state index contributed by atoms with van der Waals surface area (Å²) in [6, 6.07) is 24.5. The van der Waals surface area contributed by atoms with E-state index >= 15 is 0 Å². The average molecular weight is 504 g/mol. The number of hydrogen-bond acceptors (Lipinski definition) is 6. The number of benzene rings is 2. The number of ether oxygens (including phenoxy) is 1. The number of pyridine rings is 1. The third kappa shape index (κ3) is 6.40. The van der Waals surface area contributed by atoms with Crippen LogP contribution >= 0.6 is 11.3 Å². The van der Waals surface area contributed by atoms with Gasteiger partial charge in [-0.2, -0.15) is 0 Å². The van der Waals surface area contributed by atoms with E-state index in [9.17, 15) is 4.79 Å². The molecule has 0 amide bonds. The summed E-state index contributed by atoms with van der Waals surface area (Å²) in [6.45, 7) is 5.69. The van der Waals surface area contributed by atoms with Crippen LogP contribution in [-0.4, -0.2) is 19.1 Å². The Hall–Kier alpha value is -3.91. The molecule has 0 fully saturated rings. The molecule has 0 aliphatic carbocycles. The van der Waals surface area contributed by atoms with Gasteiger partial charge in [0.2, 0.25) is 0 Å². The minimum atomic E-state index is -0.328. The molecule has 2 aromatic carbocycles. The van der Waals surface area contributed by atoms with E-state index in [0.717, 1.165) is 35.8 Å². The van der Waals surface area contributed by atoms with Crippen molar-refractivity contribution in [3.8, 4) is 0 Å². The molecule has 0 bridgehead atoms. The summed E-state index contributed by atoms with van der Waals surface area (Å²) in [4.78, 5) is 15.0. The van der Waals surface area contributed by atoms with E-state index in [2.05, 4.69) is 56.4 Å². The largest absolute Gasteiger partial charge is 0.462 e. The van der Waals surface area contributed by atoms with Crippen LogP contribution in [0.3, 0.4) is 0 Å². The molecule has 7 nitrogen and oxygen atoms in total. The summed E-state index contributed by atoms with van der Waals surface area (Å²) < 4.78 is 9.17. The van der Waals surface area contributed by atoms with E-state index in [4.69, 9.17) is 4.74 Å². The van der Waals surface area contributed by atoms with Crippen molar-refractivity contribution < 1.29 is 18.7 Å². The molecule has 0 spiro atoms. The summed E-state index contributed by atoms with van der Waals surface area (Å²) >= 11 is 1.28. The molecule has 8 heteroatoms. The normalized spacial score (nSPS) is 10.8. The molecule has 0 N–H and O–H groups in total. The van der Waals surface area contributed by atoms with Gasteiger partial charge in [0.25, 0.3) is 0 Å². The van der Waals surface area contributed by atoms with Crippen molar-refractivity contribution in [3.05, 3.63) is 95.8 Å². The topological polar surface area (TPSA) is 62.0 Å². The van der Waals surface area contributed by atoms with Gasteiger partial charge in [-0.3, -0.25) is 0 Å². The SMILES string of the molecule is C.CCOC(=O)c1sc(N=Nc2ccc(N(CC[n+]3ccccc3)c3ccccc3)cc2)[n+](C)c1C. The fourth-order valence-corrected chi connectivity index (χ4v) is 4.58. The van der Waals surface area contributed by atoms with Gasteiger partial charge < -0.3 is 9.64 Å². The number of para-hydroxylation sites is 1. The third-order valence-electron chi connectivity index (χ3n) is 5.61. The van der Waals surface area contributed by atoms with Gasteiger partial charge in [-0.25, -0.2) is 13.9 Å². The summed E-state index contributed by atoms with van der Waals surface area (Å²) in [6.07, 6.45) is 4.15. The maximum atomic E-state index is 12.2. The molecular weight excluding hydrogens is 470 g/mol. The van der Waals surface area contributed by atoms with Gasteiger partial charge in [0, 0.05) is 23.5 Å². The Labute approximate surface area is 217 Å². The van der Waals surface area contributed by atoms with Gasteiger partial charge in [-0.1, -0.05) is 31.7 Å². The van der Waals surface area contributed by atoms with Crippen LogP contribution < -0.4 is 14.0 Å². The maximum absolute atomic E-state index is 12.2. The van der Waals surface area contributed by atoms with Gasteiger partial charge in [0.1, 0.15) is 11.4 Å². The second kappa shape index (κ2) is 12.7. The van der Waals surface area contributed by atoms with E-state index in [1.165, 1.54) is 11.3 Å². The summed E-state index contributed by atoms with van der Waals surface area (Å²) in [5.74, 6) is -0.328. The Morgan fingerprint density at radius 2 is 1.58 bits per heavy atom. The number of nitrogens with zero attached hydrogens (tertiary/aromatic N) is 5. The number of thiazole rings is 1. The number of aromatic nitrogens is 2. The number of anilines is 2. The average Bonchev–Trinajstić information content (AvgIpc) is 3.18. The van der Waals surface area contributed by atoms with Crippen molar-refractivity contribution in [1.29, 1.82) is 0 Å². The zero-order valence-corrected chi connectivity index (χ0v) is 21.0. The van der Waals surface area contributed by atoms with Gasteiger partial charge in [0.15, 0.2) is 23.8 Å². The Bertz CT molecular complexity index is 1290. The second-order valence-corrected chi connectivity index (χ2v) is 8.87. The van der Waals surface area contributed by atoms with Crippen molar-refractivity contribution >= 4 is 39.5 Å². The molecule has 2 heterocycles. The monoisotopic (exact) mass is 503 g/mol. The van der Waals surface area contributed by atoms with Crippen molar-refractivity contribution in [1.82, 2.24) is 0 Å². The van der Waals surface area contributed by atoms with Crippen LogP contribution in [-0.2, 0) is 18.3 Å².